The van der Waals surface area contributed by atoms with Gasteiger partial charge in [0.25, 0.3) is 5.91 Å². The van der Waals surface area contributed by atoms with E-state index in [1.165, 1.54) is 19.3 Å². The van der Waals surface area contributed by atoms with Gasteiger partial charge in [-0.15, -0.1) is 0 Å². The maximum Gasteiger partial charge on any atom is 0.252 e. The topological polar surface area (TPSA) is 72.5 Å². The van der Waals surface area contributed by atoms with Gasteiger partial charge in [0.15, 0.2) is 0 Å². The molecule has 3 rings (SSSR count). The van der Waals surface area contributed by atoms with Crippen LogP contribution in [0.4, 0.5) is 5.82 Å². The summed E-state index contributed by atoms with van der Waals surface area (Å²) in [6, 6.07) is 4.12. The van der Waals surface area contributed by atoms with E-state index in [-0.39, 0.29) is 5.91 Å². The lowest BCUT2D eigenvalue weighted by Crippen LogP contribution is -2.64. The fourth-order valence-corrected chi connectivity index (χ4v) is 3.80. The van der Waals surface area contributed by atoms with Crippen molar-refractivity contribution in [2.75, 3.05) is 32.2 Å². The number of hydrogen-bond donors (Lipinski definition) is 2. The molecule has 2 unspecified atom stereocenters. The van der Waals surface area contributed by atoms with Gasteiger partial charge in [-0.05, 0) is 38.3 Å². The molecule has 1 aromatic rings. The smallest absolute Gasteiger partial charge is 0.252 e. The molecule has 0 aliphatic heterocycles. The number of amides is 1. The first-order chi connectivity index (χ1) is 11.7. The lowest BCUT2D eigenvalue weighted by Gasteiger charge is -2.61. The highest BCUT2D eigenvalue weighted by molar-refractivity contribution is 5.94. The molecule has 0 aromatic carbocycles. The summed E-state index contributed by atoms with van der Waals surface area (Å²) in [6.07, 6.45) is 6.80. The van der Waals surface area contributed by atoms with Crippen LogP contribution in [0.15, 0.2) is 18.3 Å². The largest absolute Gasteiger partial charge is 0.383 e. The van der Waals surface area contributed by atoms with E-state index < -0.39 is 0 Å². The third-order valence-corrected chi connectivity index (χ3v) is 5.38. The van der Waals surface area contributed by atoms with Crippen molar-refractivity contribution in [3.05, 3.63) is 23.9 Å². The average molecular weight is 333 g/mol. The Morgan fingerprint density at radius 3 is 2.83 bits per heavy atom. The number of ether oxygens (including phenoxy) is 2. The first-order valence-electron chi connectivity index (χ1n) is 8.81. The Morgan fingerprint density at radius 2 is 2.25 bits per heavy atom. The summed E-state index contributed by atoms with van der Waals surface area (Å²) in [5.74, 6) is 0.705. The van der Waals surface area contributed by atoms with Crippen molar-refractivity contribution in [3.63, 3.8) is 0 Å². The minimum absolute atomic E-state index is 0.124. The molecule has 2 aliphatic rings. The van der Waals surface area contributed by atoms with Crippen molar-refractivity contribution >= 4 is 11.7 Å². The first-order valence-corrected chi connectivity index (χ1v) is 8.81. The highest BCUT2D eigenvalue weighted by atomic mass is 16.5. The van der Waals surface area contributed by atoms with E-state index >= 15 is 0 Å². The Kier molecular flexibility index (Phi) is 5.36. The van der Waals surface area contributed by atoms with Crippen molar-refractivity contribution in [1.82, 2.24) is 10.3 Å². The highest BCUT2D eigenvalue weighted by Gasteiger charge is 2.58. The maximum atomic E-state index is 12.0. The summed E-state index contributed by atoms with van der Waals surface area (Å²) in [6.45, 7) is 3.84. The zero-order chi connectivity index (χ0) is 17.0. The van der Waals surface area contributed by atoms with Crippen LogP contribution in [0.1, 0.15) is 43.0 Å². The lowest BCUT2D eigenvalue weighted by atomic mass is 9.51. The molecule has 2 atom stereocenters. The molecule has 2 aliphatic carbocycles. The van der Waals surface area contributed by atoms with E-state index in [1.807, 2.05) is 12.1 Å². The predicted octanol–water partition coefficient (Wildman–Crippen LogP) is 2.22. The SMILES string of the molecule is CCOC1CC(Nc2ccc(C(=O)NCCOC)cn2)C12CCC2. The number of hydrogen-bond acceptors (Lipinski definition) is 5. The van der Waals surface area contributed by atoms with Gasteiger partial charge < -0.3 is 20.1 Å². The molecule has 6 nitrogen and oxygen atoms in total. The number of anilines is 1. The van der Waals surface area contributed by atoms with Gasteiger partial charge in [-0.2, -0.15) is 0 Å². The van der Waals surface area contributed by atoms with Gasteiger partial charge >= 0.3 is 0 Å². The van der Waals surface area contributed by atoms with Crippen LogP contribution in [0.2, 0.25) is 0 Å². The van der Waals surface area contributed by atoms with Gasteiger partial charge in [-0.3, -0.25) is 4.79 Å². The molecule has 2 N–H and O–H groups in total. The minimum atomic E-state index is -0.124. The number of nitrogens with one attached hydrogen (secondary N) is 2. The highest BCUT2D eigenvalue weighted by Crippen LogP contribution is 2.58. The van der Waals surface area contributed by atoms with Crippen molar-refractivity contribution in [1.29, 1.82) is 0 Å². The van der Waals surface area contributed by atoms with Crippen LogP contribution in [0.5, 0.6) is 0 Å². The van der Waals surface area contributed by atoms with E-state index in [2.05, 4.69) is 22.5 Å². The van der Waals surface area contributed by atoms with E-state index in [0.717, 1.165) is 18.8 Å². The van der Waals surface area contributed by atoms with Crippen LogP contribution >= 0.6 is 0 Å². The quantitative estimate of drug-likeness (QED) is 0.714. The molecular formula is C18H27N3O3. The number of carbonyl (C=O) groups is 1. The van der Waals surface area contributed by atoms with Crippen LogP contribution in [-0.4, -0.2) is 49.9 Å². The number of aromatic nitrogens is 1. The molecule has 6 heteroatoms. The third-order valence-electron chi connectivity index (χ3n) is 5.38. The zero-order valence-corrected chi connectivity index (χ0v) is 14.5. The summed E-state index contributed by atoms with van der Waals surface area (Å²) in [5, 5.41) is 6.33. The maximum absolute atomic E-state index is 12.0. The molecule has 1 amide bonds. The number of nitrogens with zero attached hydrogens (tertiary/aromatic N) is 1. The number of methoxy groups -OCH3 is 1. The Labute approximate surface area is 143 Å². The molecule has 2 fully saturated rings. The van der Waals surface area contributed by atoms with E-state index in [1.54, 1.807) is 13.3 Å². The minimum Gasteiger partial charge on any atom is -0.383 e. The first kappa shape index (κ1) is 17.2. The third kappa shape index (κ3) is 3.26. The second kappa shape index (κ2) is 7.49. The van der Waals surface area contributed by atoms with Gasteiger partial charge in [-0.25, -0.2) is 4.98 Å². The molecule has 0 saturated heterocycles. The summed E-state index contributed by atoms with van der Waals surface area (Å²) in [7, 11) is 1.61. The van der Waals surface area contributed by atoms with Gasteiger partial charge in [0.1, 0.15) is 5.82 Å². The van der Waals surface area contributed by atoms with Crippen LogP contribution in [-0.2, 0) is 9.47 Å². The standard InChI is InChI=1S/C18H27N3O3/c1-3-24-15-11-14(18(15)7-4-8-18)21-16-6-5-13(12-20-16)17(22)19-9-10-23-2/h5-6,12,14-15H,3-4,7-11H2,1-2H3,(H,19,22)(H,20,21). The Bertz CT molecular complexity index is 557. The molecule has 0 radical (unpaired) electrons. The Hall–Kier alpha value is -1.66. The monoisotopic (exact) mass is 333 g/mol. The number of pyridine rings is 1. The predicted molar refractivity (Wildman–Crippen MR) is 92.2 cm³/mol. The summed E-state index contributed by atoms with van der Waals surface area (Å²) < 4.78 is 10.8. The number of carbonyl (C=O) groups excluding carboxylic acids is 1. The number of rotatable bonds is 8. The van der Waals surface area contributed by atoms with Crippen molar-refractivity contribution < 1.29 is 14.3 Å². The van der Waals surface area contributed by atoms with Crippen LogP contribution < -0.4 is 10.6 Å². The molecule has 24 heavy (non-hydrogen) atoms. The molecular weight excluding hydrogens is 306 g/mol. The fourth-order valence-electron chi connectivity index (χ4n) is 3.80. The lowest BCUT2D eigenvalue weighted by molar-refractivity contribution is -0.157. The van der Waals surface area contributed by atoms with Crippen molar-refractivity contribution in [2.45, 2.75) is 44.8 Å². The van der Waals surface area contributed by atoms with Crippen molar-refractivity contribution in [2.24, 2.45) is 5.41 Å². The van der Waals surface area contributed by atoms with Crippen LogP contribution in [0, 0.1) is 5.41 Å². The Balaban J connectivity index is 1.54. The van der Waals surface area contributed by atoms with Gasteiger partial charge in [-0.1, -0.05) is 6.42 Å². The average Bonchev–Trinajstić information content (AvgIpc) is 2.53. The molecule has 1 aromatic heterocycles. The van der Waals surface area contributed by atoms with Crippen LogP contribution in [0.25, 0.3) is 0 Å². The van der Waals surface area contributed by atoms with Crippen molar-refractivity contribution in [3.8, 4) is 0 Å². The molecule has 1 spiro atoms. The molecule has 1 heterocycles. The van der Waals surface area contributed by atoms with E-state index in [0.29, 0.717) is 36.3 Å². The molecule has 132 valence electrons. The molecule has 2 saturated carbocycles. The second-order valence-corrected chi connectivity index (χ2v) is 6.64. The van der Waals surface area contributed by atoms with Crippen LogP contribution in [0.3, 0.4) is 0 Å². The van der Waals surface area contributed by atoms with Gasteiger partial charge in [0.05, 0.1) is 18.3 Å². The normalized spacial score (nSPS) is 24.1. The summed E-state index contributed by atoms with van der Waals surface area (Å²) in [4.78, 5) is 16.4. The van der Waals surface area contributed by atoms with Gasteiger partial charge in [0, 0.05) is 37.9 Å². The Morgan fingerprint density at radius 1 is 1.42 bits per heavy atom. The zero-order valence-electron chi connectivity index (χ0n) is 14.5. The fraction of sp³-hybridized carbons (Fsp3) is 0.667. The van der Waals surface area contributed by atoms with E-state index in [4.69, 9.17) is 9.47 Å². The van der Waals surface area contributed by atoms with E-state index in [9.17, 15) is 4.79 Å². The second-order valence-electron chi connectivity index (χ2n) is 6.64. The molecule has 0 bridgehead atoms. The summed E-state index contributed by atoms with van der Waals surface area (Å²) in [5.41, 5.74) is 0.865. The summed E-state index contributed by atoms with van der Waals surface area (Å²) >= 11 is 0. The van der Waals surface area contributed by atoms with Gasteiger partial charge in [0.2, 0.25) is 0 Å².